The van der Waals surface area contributed by atoms with E-state index in [2.05, 4.69) is 11.8 Å². The minimum atomic E-state index is -0.952. The summed E-state index contributed by atoms with van der Waals surface area (Å²) in [4.78, 5) is 2.14. The van der Waals surface area contributed by atoms with Gasteiger partial charge in [-0.05, 0) is 38.6 Å². The van der Waals surface area contributed by atoms with Crippen molar-refractivity contribution >= 4 is 0 Å². The second kappa shape index (κ2) is 6.21. The fourth-order valence-electron chi connectivity index (χ4n) is 2.44. The van der Waals surface area contributed by atoms with Crippen molar-refractivity contribution in [2.75, 3.05) is 14.1 Å². The summed E-state index contributed by atoms with van der Waals surface area (Å²) in [5.41, 5.74) is 0.937. The van der Waals surface area contributed by atoms with Crippen LogP contribution in [0.15, 0.2) is 60.7 Å². The molecule has 0 amide bonds. The van der Waals surface area contributed by atoms with Crippen LogP contribution in [0.5, 0.6) is 0 Å². The Balaban J connectivity index is 2.44. The zero-order valence-electron chi connectivity index (χ0n) is 12.5. The first-order valence-corrected chi connectivity index (χ1v) is 7.04. The highest BCUT2D eigenvalue weighted by Gasteiger charge is 2.33. The molecule has 0 aliphatic heterocycles. The Labute approximate surface area is 121 Å². The van der Waals surface area contributed by atoms with E-state index in [1.54, 1.807) is 0 Å². The average Bonchev–Trinajstić information content (AvgIpc) is 2.48. The van der Waals surface area contributed by atoms with Crippen LogP contribution in [-0.2, 0) is 5.60 Å². The van der Waals surface area contributed by atoms with Crippen LogP contribution >= 0.6 is 0 Å². The van der Waals surface area contributed by atoms with E-state index in [0.29, 0.717) is 6.42 Å². The van der Waals surface area contributed by atoms with Gasteiger partial charge in [0.05, 0.1) is 0 Å². The lowest BCUT2D eigenvalue weighted by atomic mass is 9.81. The Bertz CT molecular complexity index is 482. The van der Waals surface area contributed by atoms with E-state index in [0.717, 1.165) is 11.1 Å². The van der Waals surface area contributed by atoms with Crippen molar-refractivity contribution in [1.29, 1.82) is 0 Å². The highest BCUT2D eigenvalue weighted by Crippen LogP contribution is 2.34. The smallest absolute Gasteiger partial charge is 0.116 e. The van der Waals surface area contributed by atoms with Crippen LogP contribution in [0.1, 0.15) is 24.5 Å². The first kappa shape index (κ1) is 14.8. The molecule has 2 nitrogen and oxygen atoms in total. The zero-order valence-corrected chi connectivity index (χ0v) is 12.5. The molecule has 20 heavy (non-hydrogen) atoms. The average molecular weight is 269 g/mol. The molecule has 1 N–H and O–H groups in total. The van der Waals surface area contributed by atoms with Crippen molar-refractivity contribution in [2.45, 2.75) is 25.0 Å². The third-order valence-corrected chi connectivity index (χ3v) is 3.98. The predicted molar refractivity (Wildman–Crippen MR) is 83.6 cm³/mol. The molecule has 0 heterocycles. The van der Waals surface area contributed by atoms with E-state index in [1.165, 1.54) is 0 Å². The van der Waals surface area contributed by atoms with Crippen LogP contribution in [-0.4, -0.2) is 30.1 Å². The SMILES string of the molecule is CC(CC(O)(c1ccccc1)c1ccccc1)N(C)C. The molecule has 0 bridgehead atoms. The van der Waals surface area contributed by atoms with Gasteiger partial charge in [-0.15, -0.1) is 0 Å². The topological polar surface area (TPSA) is 23.5 Å². The van der Waals surface area contributed by atoms with Crippen molar-refractivity contribution in [3.63, 3.8) is 0 Å². The fourth-order valence-corrected chi connectivity index (χ4v) is 2.44. The van der Waals surface area contributed by atoms with Gasteiger partial charge in [0.25, 0.3) is 0 Å². The quantitative estimate of drug-likeness (QED) is 0.900. The maximum absolute atomic E-state index is 11.3. The van der Waals surface area contributed by atoms with Crippen LogP contribution in [0.2, 0.25) is 0 Å². The standard InChI is InChI=1S/C18H23NO/c1-15(19(2)3)14-18(20,16-10-6-4-7-11-16)17-12-8-5-9-13-17/h4-13,15,20H,14H2,1-3H3. The third-order valence-electron chi connectivity index (χ3n) is 3.98. The fraction of sp³-hybridized carbons (Fsp3) is 0.333. The van der Waals surface area contributed by atoms with E-state index >= 15 is 0 Å². The van der Waals surface area contributed by atoms with Crippen molar-refractivity contribution in [3.8, 4) is 0 Å². The van der Waals surface area contributed by atoms with Crippen LogP contribution in [0.3, 0.4) is 0 Å². The summed E-state index contributed by atoms with van der Waals surface area (Å²) in [6.45, 7) is 2.14. The third kappa shape index (κ3) is 3.09. The number of hydrogen-bond acceptors (Lipinski definition) is 2. The van der Waals surface area contributed by atoms with E-state index < -0.39 is 5.60 Å². The molecule has 0 aliphatic rings. The number of rotatable bonds is 5. The Hall–Kier alpha value is -1.64. The summed E-state index contributed by atoms with van der Waals surface area (Å²) < 4.78 is 0. The molecule has 2 rings (SSSR count). The maximum Gasteiger partial charge on any atom is 0.116 e. The van der Waals surface area contributed by atoms with E-state index in [-0.39, 0.29) is 6.04 Å². The first-order chi connectivity index (χ1) is 9.54. The molecule has 106 valence electrons. The molecular formula is C18H23NO. The summed E-state index contributed by atoms with van der Waals surface area (Å²) in [5, 5.41) is 11.3. The second-order valence-corrected chi connectivity index (χ2v) is 5.61. The largest absolute Gasteiger partial charge is 0.380 e. The molecule has 2 heteroatoms. The number of nitrogens with zero attached hydrogens (tertiary/aromatic N) is 1. The monoisotopic (exact) mass is 269 g/mol. The minimum absolute atomic E-state index is 0.278. The Morgan fingerprint density at radius 2 is 1.30 bits per heavy atom. The van der Waals surface area contributed by atoms with Gasteiger partial charge in [0.1, 0.15) is 5.60 Å². The highest BCUT2D eigenvalue weighted by atomic mass is 16.3. The van der Waals surface area contributed by atoms with E-state index in [9.17, 15) is 5.11 Å². The zero-order chi connectivity index (χ0) is 14.6. The normalized spacial score (nSPS) is 13.4. The van der Waals surface area contributed by atoms with E-state index in [1.807, 2.05) is 74.8 Å². The van der Waals surface area contributed by atoms with Gasteiger partial charge in [0, 0.05) is 6.04 Å². The van der Waals surface area contributed by atoms with Crippen LogP contribution < -0.4 is 0 Å². The molecule has 0 saturated heterocycles. The summed E-state index contributed by atoms with van der Waals surface area (Å²) in [6, 6.07) is 20.1. The second-order valence-electron chi connectivity index (χ2n) is 5.61. The van der Waals surface area contributed by atoms with Gasteiger partial charge >= 0.3 is 0 Å². The highest BCUT2D eigenvalue weighted by molar-refractivity contribution is 5.36. The lowest BCUT2D eigenvalue weighted by molar-refractivity contribution is 0.0464. The van der Waals surface area contributed by atoms with Gasteiger partial charge in [-0.3, -0.25) is 0 Å². The van der Waals surface area contributed by atoms with Crippen molar-refractivity contribution < 1.29 is 5.11 Å². The molecule has 0 spiro atoms. The van der Waals surface area contributed by atoms with Gasteiger partial charge in [-0.2, -0.15) is 0 Å². The van der Waals surface area contributed by atoms with Crippen molar-refractivity contribution in [2.24, 2.45) is 0 Å². The summed E-state index contributed by atoms with van der Waals surface area (Å²) in [7, 11) is 4.09. The predicted octanol–water partition coefficient (Wildman–Crippen LogP) is 3.26. The van der Waals surface area contributed by atoms with Gasteiger partial charge in [0.15, 0.2) is 0 Å². The maximum atomic E-state index is 11.3. The minimum Gasteiger partial charge on any atom is -0.380 e. The van der Waals surface area contributed by atoms with Gasteiger partial charge in [0.2, 0.25) is 0 Å². The lowest BCUT2D eigenvalue weighted by Gasteiger charge is -2.34. The van der Waals surface area contributed by atoms with Crippen LogP contribution in [0, 0.1) is 0 Å². The molecule has 0 aromatic heterocycles. The van der Waals surface area contributed by atoms with Crippen molar-refractivity contribution in [3.05, 3.63) is 71.8 Å². The number of aliphatic hydroxyl groups is 1. The lowest BCUT2D eigenvalue weighted by Crippen LogP contribution is -2.37. The Morgan fingerprint density at radius 3 is 1.65 bits per heavy atom. The molecule has 0 fully saturated rings. The molecular weight excluding hydrogens is 246 g/mol. The number of benzene rings is 2. The molecule has 1 atom stereocenters. The molecule has 2 aromatic carbocycles. The van der Waals surface area contributed by atoms with Gasteiger partial charge in [-0.1, -0.05) is 60.7 Å². The van der Waals surface area contributed by atoms with Crippen molar-refractivity contribution in [1.82, 2.24) is 4.90 Å². The molecule has 2 aromatic rings. The summed E-state index contributed by atoms with van der Waals surface area (Å²) in [6.07, 6.45) is 0.661. The number of hydrogen-bond donors (Lipinski definition) is 1. The van der Waals surface area contributed by atoms with Crippen LogP contribution in [0.25, 0.3) is 0 Å². The Kier molecular flexibility index (Phi) is 4.58. The Morgan fingerprint density at radius 1 is 0.900 bits per heavy atom. The molecule has 0 aliphatic carbocycles. The first-order valence-electron chi connectivity index (χ1n) is 7.04. The molecule has 0 saturated carbocycles. The van der Waals surface area contributed by atoms with Gasteiger partial charge in [-0.25, -0.2) is 0 Å². The van der Waals surface area contributed by atoms with Gasteiger partial charge < -0.3 is 10.0 Å². The van der Waals surface area contributed by atoms with E-state index in [4.69, 9.17) is 0 Å². The molecule has 1 unspecified atom stereocenters. The summed E-state index contributed by atoms with van der Waals surface area (Å²) in [5.74, 6) is 0. The molecule has 0 radical (unpaired) electrons. The van der Waals surface area contributed by atoms with Crippen LogP contribution in [0.4, 0.5) is 0 Å². The summed E-state index contributed by atoms with van der Waals surface area (Å²) >= 11 is 0.